The van der Waals surface area contributed by atoms with Crippen molar-refractivity contribution >= 4 is 11.6 Å². The summed E-state index contributed by atoms with van der Waals surface area (Å²) >= 11 is 0. The summed E-state index contributed by atoms with van der Waals surface area (Å²) < 4.78 is 5.47. The molecule has 1 aromatic carbocycles. The van der Waals surface area contributed by atoms with Crippen LogP contribution in [0, 0.1) is 0 Å². The number of ether oxygens (including phenoxy) is 1. The van der Waals surface area contributed by atoms with Crippen molar-refractivity contribution in [3.8, 4) is 5.75 Å². The van der Waals surface area contributed by atoms with Crippen LogP contribution in [0.1, 0.15) is 32.3 Å². The first-order valence-corrected chi connectivity index (χ1v) is 5.19. The Morgan fingerprint density at radius 3 is 2.80 bits per heavy atom. The molecule has 1 N–H and O–H groups in total. The number of carbonyl (C=O) groups is 1. The first kappa shape index (κ1) is 10.0. The van der Waals surface area contributed by atoms with E-state index < -0.39 is 6.10 Å². The van der Waals surface area contributed by atoms with Gasteiger partial charge >= 0.3 is 0 Å². The molecule has 0 aromatic heterocycles. The second-order valence-electron chi connectivity index (χ2n) is 4.16. The Morgan fingerprint density at radius 1 is 1.40 bits per heavy atom. The minimum Gasteiger partial charge on any atom is -0.479 e. The SMILES string of the molecule is CC(C)c1ccc2c(c1)NC(=O)[C@H](C)O2. The zero-order chi connectivity index (χ0) is 11.0. The highest BCUT2D eigenvalue weighted by Crippen LogP contribution is 2.32. The highest BCUT2D eigenvalue weighted by molar-refractivity contribution is 5.97. The van der Waals surface area contributed by atoms with Crippen LogP contribution in [0.3, 0.4) is 0 Å². The number of carbonyl (C=O) groups excluding carboxylic acids is 1. The van der Waals surface area contributed by atoms with Gasteiger partial charge < -0.3 is 10.1 Å². The lowest BCUT2D eigenvalue weighted by Crippen LogP contribution is -2.34. The molecule has 1 aromatic rings. The lowest BCUT2D eigenvalue weighted by atomic mass is 10.0. The third kappa shape index (κ3) is 1.82. The van der Waals surface area contributed by atoms with Gasteiger partial charge in [0.1, 0.15) is 5.75 Å². The Morgan fingerprint density at radius 2 is 2.13 bits per heavy atom. The van der Waals surface area contributed by atoms with E-state index in [1.54, 1.807) is 6.92 Å². The number of fused-ring (bicyclic) bond motifs is 1. The largest absolute Gasteiger partial charge is 0.479 e. The van der Waals surface area contributed by atoms with Gasteiger partial charge in [0.15, 0.2) is 6.10 Å². The molecule has 1 aliphatic rings. The van der Waals surface area contributed by atoms with Crippen LogP contribution in [0.5, 0.6) is 5.75 Å². The van der Waals surface area contributed by atoms with Crippen LogP contribution in [-0.2, 0) is 4.79 Å². The van der Waals surface area contributed by atoms with E-state index >= 15 is 0 Å². The molecule has 0 bridgehead atoms. The van der Waals surface area contributed by atoms with E-state index in [-0.39, 0.29) is 5.91 Å². The summed E-state index contributed by atoms with van der Waals surface area (Å²) in [7, 11) is 0. The van der Waals surface area contributed by atoms with Gasteiger partial charge in [-0.25, -0.2) is 0 Å². The molecular formula is C12H15NO2. The molecule has 1 heterocycles. The fourth-order valence-corrected chi connectivity index (χ4v) is 1.59. The van der Waals surface area contributed by atoms with Gasteiger partial charge in [-0.15, -0.1) is 0 Å². The number of hydrogen-bond acceptors (Lipinski definition) is 2. The second-order valence-corrected chi connectivity index (χ2v) is 4.16. The fourth-order valence-electron chi connectivity index (χ4n) is 1.59. The third-order valence-electron chi connectivity index (χ3n) is 2.60. The Balaban J connectivity index is 2.37. The Hall–Kier alpha value is -1.51. The minimum atomic E-state index is -0.401. The molecule has 1 amide bonds. The van der Waals surface area contributed by atoms with Gasteiger partial charge in [-0.2, -0.15) is 0 Å². The van der Waals surface area contributed by atoms with Crippen LogP contribution in [0.15, 0.2) is 18.2 Å². The molecule has 0 aliphatic carbocycles. The molecular weight excluding hydrogens is 190 g/mol. The van der Waals surface area contributed by atoms with E-state index in [2.05, 4.69) is 19.2 Å². The molecule has 15 heavy (non-hydrogen) atoms. The summed E-state index contributed by atoms with van der Waals surface area (Å²) in [4.78, 5) is 11.4. The Bertz CT molecular complexity index is 399. The number of anilines is 1. The van der Waals surface area contributed by atoms with Crippen LogP contribution in [0.2, 0.25) is 0 Å². The quantitative estimate of drug-likeness (QED) is 0.765. The predicted molar refractivity (Wildman–Crippen MR) is 59.3 cm³/mol. The zero-order valence-electron chi connectivity index (χ0n) is 9.20. The molecule has 0 saturated heterocycles. The molecule has 3 nitrogen and oxygen atoms in total. The van der Waals surface area contributed by atoms with Crippen molar-refractivity contribution in [1.29, 1.82) is 0 Å². The molecule has 0 fully saturated rings. The zero-order valence-corrected chi connectivity index (χ0v) is 9.20. The maximum atomic E-state index is 11.4. The van der Waals surface area contributed by atoms with Gasteiger partial charge in [0, 0.05) is 0 Å². The first-order chi connectivity index (χ1) is 7.08. The van der Waals surface area contributed by atoms with Crippen LogP contribution in [0.25, 0.3) is 0 Å². The number of rotatable bonds is 1. The number of amides is 1. The average Bonchev–Trinajstić information content (AvgIpc) is 2.19. The topological polar surface area (TPSA) is 38.3 Å². The molecule has 1 aliphatic heterocycles. The van der Waals surface area contributed by atoms with Crippen molar-refractivity contribution in [1.82, 2.24) is 0 Å². The molecule has 1 atom stereocenters. The highest BCUT2D eigenvalue weighted by Gasteiger charge is 2.23. The minimum absolute atomic E-state index is 0.0802. The molecule has 0 saturated carbocycles. The number of nitrogens with one attached hydrogen (secondary N) is 1. The summed E-state index contributed by atoms with van der Waals surface area (Å²) in [5.74, 6) is 1.13. The molecule has 0 spiro atoms. The predicted octanol–water partition coefficient (Wildman–Crippen LogP) is 2.53. The summed E-state index contributed by atoms with van der Waals surface area (Å²) in [6.45, 7) is 5.99. The average molecular weight is 205 g/mol. The van der Waals surface area contributed by atoms with E-state index in [1.807, 2.05) is 18.2 Å². The van der Waals surface area contributed by atoms with Gasteiger partial charge in [0.25, 0.3) is 5.91 Å². The van der Waals surface area contributed by atoms with Gasteiger partial charge in [0.2, 0.25) is 0 Å². The van der Waals surface area contributed by atoms with E-state index in [0.29, 0.717) is 5.92 Å². The van der Waals surface area contributed by atoms with E-state index in [4.69, 9.17) is 4.74 Å². The normalized spacial score (nSPS) is 19.5. The van der Waals surface area contributed by atoms with Crippen molar-refractivity contribution in [2.24, 2.45) is 0 Å². The molecule has 80 valence electrons. The summed E-state index contributed by atoms with van der Waals surface area (Å²) in [5, 5.41) is 2.84. The molecule has 0 radical (unpaired) electrons. The fraction of sp³-hybridized carbons (Fsp3) is 0.417. The standard InChI is InChI=1S/C12H15NO2/c1-7(2)9-4-5-11-10(6-9)13-12(14)8(3)15-11/h4-8H,1-3H3,(H,13,14)/t8-/m0/s1. The Labute approximate surface area is 89.4 Å². The third-order valence-corrected chi connectivity index (χ3v) is 2.60. The van der Waals surface area contributed by atoms with Crippen LogP contribution in [-0.4, -0.2) is 12.0 Å². The maximum Gasteiger partial charge on any atom is 0.265 e. The smallest absolute Gasteiger partial charge is 0.265 e. The van der Waals surface area contributed by atoms with Crippen LogP contribution >= 0.6 is 0 Å². The van der Waals surface area contributed by atoms with Gasteiger partial charge in [-0.1, -0.05) is 19.9 Å². The summed E-state index contributed by atoms with van der Waals surface area (Å²) in [6.07, 6.45) is -0.401. The van der Waals surface area contributed by atoms with E-state index in [9.17, 15) is 4.79 Å². The van der Waals surface area contributed by atoms with Gasteiger partial charge in [-0.05, 0) is 30.5 Å². The molecule has 3 heteroatoms. The Kier molecular flexibility index (Phi) is 2.39. The first-order valence-electron chi connectivity index (χ1n) is 5.19. The van der Waals surface area contributed by atoms with E-state index in [1.165, 1.54) is 5.56 Å². The lowest BCUT2D eigenvalue weighted by Gasteiger charge is -2.24. The second kappa shape index (κ2) is 3.57. The van der Waals surface area contributed by atoms with Crippen LogP contribution < -0.4 is 10.1 Å². The van der Waals surface area contributed by atoms with Crippen molar-refractivity contribution in [3.63, 3.8) is 0 Å². The molecule has 0 unspecified atom stereocenters. The van der Waals surface area contributed by atoms with Gasteiger partial charge in [-0.3, -0.25) is 4.79 Å². The van der Waals surface area contributed by atoms with E-state index in [0.717, 1.165) is 11.4 Å². The number of benzene rings is 1. The number of hydrogen-bond donors (Lipinski definition) is 1. The van der Waals surface area contributed by atoms with Crippen molar-refractivity contribution in [2.75, 3.05) is 5.32 Å². The van der Waals surface area contributed by atoms with Crippen molar-refractivity contribution in [3.05, 3.63) is 23.8 Å². The van der Waals surface area contributed by atoms with Gasteiger partial charge in [0.05, 0.1) is 5.69 Å². The lowest BCUT2D eigenvalue weighted by molar-refractivity contribution is -0.122. The van der Waals surface area contributed by atoms with Crippen molar-refractivity contribution in [2.45, 2.75) is 32.8 Å². The monoisotopic (exact) mass is 205 g/mol. The molecule has 2 rings (SSSR count). The summed E-state index contributed by atoms with van der Waals surface area (Å²) in [6, 6.07) is 5.93. The summed E-state index contributed by atoms with van der Waals surface area (Å²) in [5.41, 5.74) is 1.98. The maximum absolute atomic E-state index is 11.4. The highest BCUT2D eigenvalue weighted by atomic mass is 16.5. The van der Waals surface area contributed by atoms with Crippen LogP contribution in [0.4, 0.5) is 5.69 Å². The van der Waals surface area contributed by atoms with Crippen molar-refractivity contribution < 1.29 is 9.53 Å².